The smallest absolute Gasteiger partial charge is 0.271 e. The summed E-state index contributed by atoms with van der Waals surface area (Å²) >= 11 is 1.41. The van der Waals surface area contributed by atoms with Crippen molar-refractivity contribution in [3.63, 3.8) is 0 Å². The average Bonchev–Trinajstić information content (AvgIpc) is 3.20. The number of nitrogens with one attached hydrogen (secondary N) is 2. The summed E-state index contributed by atoms with van der Waals surface area (Å²) in [7, 11) is 0. The van der Waals surface area contributed by atoms with Gasteiger partial charge >= 0.3 is 0 Å². The molecule has 0 saturated carbocycles. The fourth-order valence-electron chi connectivity index (χ4n) is 2.28. The third-order valence-corrected chi connectivity index (χ3v) is 4.47. The summed E-state index contributed by atoms with van der Waals surface area (Å²) in [5.41, 5.74) is 6.16. The van der Waals surface area contributed by atoms with Crippen molar-refractivity contribution in [1.82, 2.24) is 15.4 Å². The quantitative estimate of drug-likeness (QED) is 0.549. The highest BCUT2D eigenvalue weighted by Crippen LogP contribution is 2.16. The van der Waals surface area contributed by atoms with Crippen LogP contribution in [0.25, 0.3) is 5.69 Å². The summed E-state index contributed by atoms with van der Waals surface area (Å²) < 4.78 is 1.85. The number of amides is 2. The zero-order valence-electron chi connectivity index (χ0n) is 13.4. The van der Waals surface area contributed by atoms with Crippen LogP contribution in [0.2, 0.25) is 0 Å². The predicted molar refractivity (Wildman–Crippen MR) is 98.5 cm³/mol. The van der Waals surface area contributed by atoms with E-state index in [0.29, 0.717) is 5.56 Å². The van der Waals surface area contributed by atoms with Gasteiger partial charge in [0.2, 0.25) is 5.91 Å². The molecule has 0 aliphatic heterocycles. The van der Waals surface area contributed by atoms with Crippen LogP contribution >= 0.6 is 11.8 Å². The Morgan fingerprint density at radius 3 is 2.28 bits per heavy atom. The fourth-order valence-corrected chi connectivity index (χ4v) is 3.00. The van der Waals surface area contributed by atoms with Crippen LogP contribution in [0.4, 0.5) is 0 Å². The van der Waals surface area contributed by atoms with Crippen LogP contribution in [0.15, 0.2) is 84.0 Å². The summed E-state index contributed by atoms with van der Waals surface area (Å²) in [6.07, 6.45) is 3.72. The first-order valence-corrected chi connectivity index (χ1v) is 8.72. The van der Waals surface area contributed by atoms with Gasteiger partial charge in [-0.15, -0.1) is 11.8 Å². The third kappa shape index (κ3) is 4.51. The minimum Gasteiger partial charge on any atom is -0.323 e. The van der Waals surface area contributed by atoms with Crippen LogP contribution in [-0.2, 0) is 4.79 Å². The van der Waals surface area contributed by atoms with E-state index in [1.807, 2.05) is 71.6 Å². The van der Waals surface area contributed by atoms with Gasteiger partial charge in [-0.2, -0.15) is 0 Å². The summed E-state index contributed by atoms with van der Waals surface area (Å²) in [6.45, 7) is 0. The molecule has 0 radical (unpaired) electrons. The van der Waals surface area contributed by atoms with Gasteiger partial charge in [0.25, 0.3) is 5.91 Å². The number of hydrazine groups is 1. The molecule has 25 heavy (non-hydrogen) atoms. The molecule has 3 rings (SSSR count). The molecule has 2 N–H and O–H groups in total. The van der Waals surface area contributed by atoms with Gasteiger partial charge in [0.1, 0.15) is 0 Å². The summed E-state index contributed by atoms with van der Waals surface area (Å²) in [6, 6.07) is 20.6. The van der Waals surface area contributed by atoms with Crippen LogP contribution in [0, 0.1) is 0 Å². The lowest BCUT2D eigenvalue weighted by Crippen LogP contribution is -2.42. The summed E-state index contributed by atoms with van der Waals surface area (Å²) in [5.74, 6) is -0.396. The van der Waals surface area contributed by atoms with E-state index in [-0.39, 0.29) is 17.6 Å². The standard InChI is InChI=1S/C19H17N3O2S/c23-18(14-25-15-8-2-1-3-9-15)20-21-19(24)16-10-4-5-11-17(16)22-12-6-7-13-22/h1-13H,14H2,(H,20,23)(H,21,24). The molecular formula is C19H17N3O2S. The molecule has 0 saturated heterocycles. The Hall–Kier alpha value is -2.99. The van der Waals surface area contributed by atoms with Crippen molar-refractivity contribution in [2.75, 3.05) is 5.75 Å². The molecule has 0 spiro atoms. The number of para-hydroxylation sites is 1. The highest BCUT2D eigenvalue weighted by Gasteiger charge is 2.12. The van der Waals surface area contributed by atoms with Gasteiger partial charge < -0.3 is 4.57 Å². The van der Waals surface area contributed by atoms with E-state index in [0.717, 1.165) is 10.6 Å². The van der Waals surface area contributed by atoms with Gasteiger partial charge in [-0.05, 0) is 36.4 Å². The van der Waals surface area contributed by atoms with Crippen molar-refractivity contribution in [2.24, 2.45) is 0 Å². The SMILES string of the molecule is O=C(CSc1ccccc1)NNC(=O)c1ccccc1-n1cccc1. The van der Waals surface area contributed by atoms with Crippen LogP contribution in [0.5, 0.6) is 0 Å². The van der Waals surface area contributed by atoms with Crippen LogP contribution in [0.1, 0.15) is 10.4 Å². The van der Waals surface area contributed by atoms with E-state index >= 15 is 0 Å². The Morgan fingerprint density at radius 1 is 0.840 bits per heavy atom. The molecule has 1 heterocycles. The maximum absolute atomic E-state index is 12.4. The maximum Gasteiger partial charge on any atom is 0.271 e. The molecular weight excluding hydrogens is 334 g/mol. The monoisotopic (exact) mass is 351 g/mol. The molecule has 2 aromatic carbocycles. The minimum atomic E-state index is -0.359. The molecule has 126 valence electrons. The van der Waals surface area contributed by atoms with Crippen molar-refractivity contribution in [3.8, 4) is 5.69 Å². The second-order valence-corrected chi connectivity index (χ2v) is 6.26. The number of benzene rings is 2. The number of hydrogen-bond donors (Lipinski definition) is 2. The molecule has 2 amide bonds. The molecule has 0 atom stereocenters. The minimum absolute atomic E-state index is 0.226. The average molecular weight is 351 g/mol. The van der Waals surface area contributed by atoms with Gasteiger partial charge in [0.05, 0.1) is 17.0 Å². The molecule has 0 fully saturated rings. The van der Waals surface area contributed by atoms with E-state index in [1.165, 1.54) is 11.8 Å². The first kappa shape index (κ1) is 16.9. The van der Waals surface area contributed by atoms with Crippen LogP contribution in [-0.4, -0.2) is 22.1 Å². The molecule has 0 aliphatic rings. The lowest BCUT2D eigenvalue weighted by atomic mass is 10.1. The number of carbonyl (C=O) groups is 2. The van der Waals surface area contributed by atoms with Crippen LogP contribution < -0.4 is 10.9 Å². The van der Waals surface area contributed by atoms with Gasteiger partial charge in [-0.25, -0.2) is 0 Å². The summed E-state index contributed by atoms with van der Waals surface area (Å²) in [4.78, 5) is 25.3. The third-order valence-electron chi connectivity index (χ3n) is 3.46. The maximum atomic E-state index is 12.4. The largest absolute Gasteiger partial charge is 0.323 e. The Bertz CT molecular complexity index is 848. The number of nitrogens with zero attached hydrogens (tertiary/aromatic N) is 1. The van der Waals surface area contributed by atoms with Crippen molar-refractivity contribution in [3.05, 3.63) is 84.7 Å². The van der Waals surface area contributed by atoms with Crippen LogP contribution in [0.3, 0.4) is 0 Å². The number of rotatable bonds is 5. The molecule has 0 bridgehead atoms. The van der Waals surface area contributed by atoms with Gasteiger partial charge in [0, 0.05) is 17.3 Å². The molecule has 1 aromatic heterocycles. The van der Waals surface area contributed by atoms with E-state index in [2.05, 4.69) is 10.9 Å². The normalized spacial score (nSPS) is 10.2. The first-order chi connectivity index (χ1) is 12.2. The number of thioether (sulfide) groups is 1. The highest BCUT2D eigenvalue weighted by molar-refractivity contribution is 8.00. The molecule has 0 unspecified atom stereocenters. The molecule has 0 aliphatic carbocycles. The number of aromatic nitrogens is 1. The zero-order valence-corrected chi connectivity index (χ0v) is 14.2. The molecule has 6 heteroatoms. The topological polar surface area (TPSA) is 63.1 Å². The van der Waals surface area contributed by atoms with Gasteiger partial charge in [-0.3, -0.25) is 20.4 Å². The number of hydrogen-bond acceptors (Lipinski definition) is 3. The molecule has 5 nitrogen and oxygen atoms in total. The van der Waals surface area contributed by atoms with E-state index < -0.39 is 0 Å². The number of carbonyl (C=O) groups excluding carboxylic acids is 2. The first-order valence-electron chi connectivity index (χ1n) is 7.73. The Labute approximate surface area is 150 Å². The zero-order chi connectivity index (χ0) is 17.5. The Balaban J connectivity index is 1.57. The highest BCUT2D eigenvalue weighted by atomic mass is 32.2. The van der Waals surface area contributed by atoms with Crippen molar-refractivity contribution in [1.29, 1.82) is 0 Å². The van der Waals surface area contributed by atoms with E-state index in [1.54, 1.807) is 12.1 Å². The second kappa shape index (κ2) is 8.21. The molecule has 3 aromatic rings. The van der Waals surface area contributed by atoms with Gasteiger partial charge in [0.15, 0.2) is 0 Å². The fraction of sp³-hybridized carbons (Fsp3) is 0.0526. The van der Waals surface area contributed by atoms with Crippen molar-refractivity contribution < 1.29 is 9.59 Å². The lowest BCUT2D eigenvalue weighted by molar-refractivity contribution is -0.119. The predicted octanol–water partition coefficient (Wildman–Crippen LogP) is 3.03. The van der Waals surface area contributed by atoms with Crippen molar-refractivity contribution >= 4 is 23.6 Å². The summed E-state index contributed by atoms with van der Waals surface area (Å²) in [5, 5.41) is 0. The van der Waals surface area contributed by atoms with Crippen molar-refractivity contribution in [2.45, 2.75) is 4.90 Å². The second-order valence-electron chi connectivity index (χ2n) is 5.21. The Kier molecular flexibility index (Phi) is 5.53. The van der Waals surface area contributed by atoms with E-state index in [9.17, 15) is 9.59 Å². The van der Waals surface area contributed by atoms with Gasteiger partial charge in [-0.1, -0.05) is 30.3 Å². The Morgan fingerprint density at radius 2 is 1.52 bits per heavy atom. The van der Waals surface area contributed by atoms with E-state index in [4.69, 9.17) is 0 Å². The lowest BCUT2D eigenvalue weighted by Gasteiger charge is -2.11.